The van der Waals surface area contributed by atoms with Crippen LogP contribution < -0.4 is 4.90 Å². The number of para-hydroxylation sites is 2. The van der Waals surface area contributed by atoms with Gasteiger partial charge in [0.25, 0.3) is 0 Å². The Hall–Kier alpha value is -6.18. The first kappa shape index (κ1) is 33.4. The second-order valence-electron chi connectivity index (χ2n) is 16.8. The van der Waals surface area contributed by atoms with Crippen molar-refractivity contribution in [3.63, 3.8) is 0 Å². The lowest BCUT2D eigenvalue weighted by atomic mass is 9.62. The van der Waals surface area contributed by atoms with Gasteiger partial charge in [-0.05, 0) is 137 Å². The van der Waals surface area contributed by atoms with Gasteiger partial charge in [0, 0.05) is 16.9 Å². The predicted octanol–water partition coefficient (Wildman–Crippen LogP) is 15.5. The highest BCUT2D eigenvalue weighted by Crippen LogP contribution is 2.49. The van der Waals surface area contributed by atoms with Crippen LogP contribution in [0.15, 0.2) is 176 Å². The van der Waals surface area contributed by atoms with E-state index in [1.807, 2.05) is 0 Å². The van der Waals surface area contributed by atoms with Crippen molar-refractivity contribution in [2.45, 2.75) is 51.4 Å². The molecule has 1 heteroatoms. The summed E-state index contributed by atoms with van der Waals surface area (Å²) in [5, 5.41) is 10.4. The molecule has 0 aliphatic heterocycles. The second-order valence-corrected chi connectivity index (χ2v) is 16.8. The van der Waals surface area contributed by atoms with Gasteiger partial charge in [-0.25, -0.2) is 0 Å². The van der Waals surface area contributed by atoms with Gasteiger partial charge in [-0.15, -0.1) is 0 Å². The maximum absolute atomic E-state index is 2.52. The Bertz CT molecular complexity index is 2900. The molecule has 0 fully saturated rings. The molecule has 10 rings (SSSR count). The number of hydrogen-bond donors (Lipinski definition) is 0. The summed E-state index contributed by atoms with van der Waals surface area (Å²) in [6.07, 6.45) is 2.41. The van der Waals surface area contributed by atoms with Gasteiger partial charge in [-0.1, -0.05) is 161 Å². The molecule has 1 aliphatic rings. The van der Waals surface area contributed by atoms with E-state index in [1.165, 1.54) is 89.3 Å². The second kappa shape index (κ2) is 12.7. The molecule has 0 unspecified atom stereocenters. The summed E-state index contributed by atoms with van der Waals surface area (Å²) in [5.41, 5.74) is 11.6. The summed E-state index contributed by atoms with van der Waals surface area (Å²) in [6.45, 7) is 9.67. The third-order valence-corrected chi connectivity index (χ3v) is 12.5. The molecule has 9 aromatic rings. The zero-order chi connectivity index (χ0) is 37.3. The lowest BCUT2D eigenvalue weighted by Gasteiger charge is -2.42. The van der Waals surface area contributed by atoms with E-state index in [4.69, 9.17) is 0 Å². The van der Waals surface area contributed by atoms with Crippen LogP contribution >= 0.6 is 0 Å². The molecule has 0 amide bonds. The van der Waals surface area contributed by atoms with Crippen molar-refractivity contribution in [1.82, 2.24) is 0 Å². The molecule has 1 nitrogen and oxygen atoms in total. The van der Waals surface area contributed by atoms with E-state index in [2.05, 4.69) is 209 Å². The summed E-state index contributed by atoms with van der Waals surface area (Å²) in [6, 6.07) is 65.4. The molecule has 0 heterocycles. The van der Waals surface area contributed by atoms with Crippen molar-refractivity contribution in [3.05, 3.63) is 187 Å². The first-order valence-corrected chi connectivity index (χ1v) is 19.7. The Kier molecular flexibility index (Phi) is 7.72. The van der Waals surface area contributed by atoms with Gasteiger partial charge in [-0.3, -0.25) is 0 Å². The molecule has 0 saturated carbocycles. The van der Waals surface area contributed by atoms with Gasteiger partial charge < -0.3 is 4.90 Å². The topological polar surface area (TPSA) is 3.24 Å². The highest BCUT2D eigenvalue weighted by atomic mass is 15.1. The smallest absolute Gasteiger partial charge is 0.0540 e. The molecule has 0 radical (unpaired) electrons. The Morgan fingerprint density at radius 3 is 1.60 bits per heavy atom. The van der Waals surface area contributed by atoms with Crippen LogP contribution in [-0.4, -0.2) is 0 Å². The summed E-state index contributed by atoms with van der Waals surface area (Å²) in [4.78, 5) is 2.43. The third-order valence-electron chi connectivity index (χ3n) is 12.5. The number of benzene rings is 9. The van der Waals surface area contributed by atoms with Crippen LogP contribution in [0.3, 0.4) is 0 Å². The average molecular weight is 708 g/mol. The normalized spacial score (nSPS) is 14.7. The van der Waals surface area contributed by atoms with Gasteiger partial charge in [0.1, 0.15) is 0 Å². The summed E-state index contributed by atoms with van der Waals surface area (Å²) in [7, 11) is 0. The summed E-state index contributed by atoms with van der Waals surface area (Å²) >= 11 is 0. The van der Waals surface area contributed by atoms with Crippen LogP contribution in [0.5, 0.6) is 0 Å². The molecular formula is C54H45N. The van der Waals surface area contributed by atoms with Crippen LogP contribution in [0.2, 0.25) is 0 Å². The predicted molar refractivity (Wildman–Crippen MR) is 237 cm³/mol. The van der Waals surface area contributed by atoms with E-state index in [0.29, 0.717) is 0 Å². The quantitative estimate of drug-likeness (QED) is 0.161. The zero-order valence-electron chi connectivity index (χ0n) is 32.1. The monoisotopic (exact) mass is 707 g/mol. The van der Waals surface area contributed by atoms with Crippen LogP contribution in [0.25, 0.3) is 65.3 Å². The highest BCUT2D eigenvalue weighted by molar-refractivity contribution is 6.25. The van der Waals surface area contributed by atoms with Crippen molar-refractivity contribution >= 4 is 60.2 Å². The zero-order valence-corrected chi connectivity index (χ0v) is 32.1. The highest BCUT2D eigenvalue weighted by Gasteiger charge is 2.37. The fourth-order valence-electron chi connectivity index (χ4n) is 9.40. The summed E-state index contributed by atoms with van der Waals surface area (Å²) < 4.78 is 0. The molecule has 0 N–H and O–H groups in total. The summed E-state index contributed by atoms with van der Waals surface area (Å²) in [5.74, 6) is 0. The van der Waals surface area contributed by atoms with Gasteiger partial charge >= 0.3 is 0 Å². The average Bonchev–Trinajstić information content (AvgIpc) is 3.23. The van der Waals surface area contributed by atoms with E-state index in [-0.39, 0.29) is 10.8 Å². The van der Waals surface area contributed by atoms with Crippen molar-refractivity contribution in [1.29, 1.82) is 0 Å². The lowest BCUT2D eigenvalue weighted by Crippen LogP contribution is -2.33. The number of anilines is 3. The van der Waals surface area contributed by atoms with Gasteiger partial charge in [0.2, 0.25) is 0 Å². The van der Waals surface area contributed by atoms with E-state index in [1.54, 1.807) is 0 Å². The Morgan fingerprint density at radius 2 is 0.891 bits per heavy atom. The number of rotatable bonds is 5. The fraction of sp³-hybridized carbons (Fsp3) is 0.148. The number of fused-ring (bicyclic) bond motifs is 8. The van der Waals surface area contributed by atoms with Gasteiger partial charge in [-0.2, -0.15) is 0 Å². The van der Waals surface area contributed by atoms with E-state index in [0.717, 1.165) is 17.1 Å². The molecular weight excluding hydrogens is 663 g/mol. The molecule has 55 heavy (non-hydrogen) atoms. The van der Waals surface area contributed by atoms with Gasteiger partial charge in [0.15, 0.2) is 0 Å². The third kappa shape index (κ3) is 5.52. The fourth-order valence-corrected chi connectivity index (χ4v) is 9.40. The molecule has 0 atom stereocenters. The molecule has 0 bridgehead atoms. The number of nitrogens with zero attached hydrogens (tertiary/aromatic N) is 1. The first-order valence-electron chi connectivity index (χ1n) is 19.7. The SMILES string of the molecule is CC1(C)CCC(C)(C)c2cc3c(-c4cccc(N(c5ccccc5)c5ccccc5-c5ccc6c7ccccc7c7ccccc7c6c5)c4)cccc3cc21. The molecule has 9 aromatic carbocycles. The largest absolute Gasteiger partial charge is 0.310 e. The van der Waals surface area contributed by atoms with Crippen LogP contribution in [-0.2, 0) is 10.8 Å². The van der Waals surface area contributed by atoms with Crippen LogP contribution in [0.4, 0.5) is 17.1 Å². The van der Waals surface area contributed by atoms with Crippen LogP contribution in [0.1, 0.15) is 51.7 Å². The Balaban J connectivity index is 1.15. The van der Waals surface area contributed by atoms with Gasteiger partial charge in [0.05, 0.1) is 5.69 Å². The van der Waals surface area contributed by atoms with E-state index in [9.17, 15) is 0 Å². The van der Waals surface area contributed by atoms with Crippen molar-refractivity contribution < 1.29 is 0 Å². The Labute approximate surface area is 324 Å². The molecule has 266 valence electrons. The van der Waals surface area contributed by atoms with Crippen molar-refractivity contribution in [2.75, 3.05) is 4.90 Å². The maximum atomic E-state index is 2.52. The van der Waals surface area contributed by atoms with Crippen molar-refractivity contribution in [2.24, 2.45) is 0 Å². The van der Waals surface area contributed by atoms with E-state index >= 15 is 0 Å². The minimum absolute atomic E-state index is 0.143. The minimum Gasteiger partial charge on any atom is -0.310 e. The maximum Gasteiger partial charge on any atom is 0.0540 e. The molecule has 0 spiro atoms. The standard InChI is InChI=1S/C54H45N/c1-53(2)30-31-54(3,4)51-35-48-37(34-50(51)53)17-15-26-41(48)36-16-14-20-40(32-36)55(39-18-6-5-7-19-39)52-27-13-12-21-42(52)38-28-29-47-45-24-9-8-22-43(45)44-23-10-11-25-46(44)49(47)33-38/h5-29,32-35H,30-31H2,1-4H3. The minimum atomic E-state index is 0.143. The Morgan fingerprint density at radius 1 is 0.364 bits per heavy atom. The number of hydrogen-bond acceptors (Lipinski definition) is 1. The molecule has 0 aromatic heterocycles. The van der Waals surface area contributed by atoms with Crippen molar-refractivity contribution in [3.8, 4) is 22.3 Å². The lowest BCUT2D eigenvalue weighted by molar-refractivity contribution is 0.332. The first-order chi connectivity index (χ1) is 26.8. The van der Waals surface area contributed by atoms with E-state index < -0.39 is 0 Å². The molecule has 0 saturated heterocycles. The molecule has 1 aliphatic carbocycles. The van der Waals surface area contributed by atoms with Crippen LogP contribution in [0, 0.1) is 0 Å².